The van der Waals surface area contributed by atoms with Gasteiger partial charge in [-0.05, 0) is 29.7 Å². The minimum atomic E-state index is -1.09. The maximum absolute atomic E-state index is 13.2. The Kier molecular flexibility index (Phi) is 9.11. The van der Waals surface area contributed by atoms with Gasteiger partial charge < -0.3 is 30.1 Å². The van der Waals surface area contributed by atoms with Crippen molar-refractivity contribution < 1.29 is 29.0 Å². The quantitative estimate of drug-likeness (QED) is 0.406. The molecule has 1 aliphatic heterocycles. The van der Waals surface area contributed by atoms with Crippen molar-refractivity contribution in [1.29, 1.82) is 0 Å². The Morgan fingerprint density at radius 3 is 2.64 bits per heavy atom. The number of hydrogen-bond donors (Lipinski definition) is 3. The molecule has 2 aromatic rings. The van der Waals surface area contributed by atoms with Crippen LogP contribution < -0.4 is 20.1 Å². The summed E-state index contributed by atoms with van der Waals surface area (Å²) in [5, 5.41) is 14.8. The zero-order valence-electron chi connectivity index (χ0n) is 20.3. The van der Waals surface area contributed by atoms with Crippen LogP contribution >= 0.6 is 0 Å². The van der Waals surface area contributed by atoms with Gasteiger partial charge in [-0.2, -0.15) is 0 Å². The van der Waals surface area contributed by atoms with Crippen molar-refractivity contribution in [1.82, 2.24) is 15.5 Å². The van der Waals surface area contributed by atoms with E-state index in [0.29, 0.717) is 29.2 Å². The van der Waals surface area contributed by atoms with Gasteiger partial charge in [0.15, 0.2) is 17.2 Å². The molecular formula is C26H30N4O6. The van der Waals surface area contributed by atoms with Gasteiger partial charge in [0.1, 0.15) is 6.04 Å². The van der Waals surface area contributed by atoms with Gasteiger partial charge >= 0.3 is 12.0 Å². The summed E-state index contributed by atoms with van der Waals surface area (Å²) in [6, 6.07) is 9.72. The number of carboxylic acids is 1. The summed E-state index contributed by atoms with van der Waals surface area (Å²) in [6.07, 6.45) is 1.64. The van der Waals surface area contributed by atoms with Gasteiger partial charge in [0.05, 0.1) is 19.0 Å². The van der Waals surface area contributed by atoms with Gasteiger partial charge in [-0.15, -0.1) is 0 Å². The Bertz CT molecular complexity index is 1150. The second kappa shape index (κ2) is 12.4. The van der Waals surface area contributed by atoms with Crippen LogP contribution in [-0.4, -0.2) is 47.8 Å². The summed E-state index contributed by atoms with van der Waals surface area (Å²) >= 11 is 0. The number of ether oxygens (including phenoxy) is 2. The molecule has 0 spiro atoms. The van der Waals surface area contributed by atoms with Crippen LogP contribution in [0.4, 0.5) is 10.5 Å². The summed E-state index contributed by atoms with van der Waals surface area (Å²) in [7, 11) is 1.64. The lowest BCUT2D eigenvalue weighted by molar-refractivity contribution is -0.137. The molecule has 0 aromatic heterocycles. The highest BCUT2D eigenvalue weighted by atomic mass is 16.7. The smallest absolute Gasteiger partial charge is 0.315 e. The third kappa shape index (κ3) is 7.12. The number of urea groups is 1. The molecule has 0 radical (unpaired) electrons. The minimum absolute atomic E-state index is 0.0766. The monoisotopic (exact) mass is 494 g/mol. The van der Waals surface area contributed by atoms with Gasteiger partial charge in [-0.25, -0.2) is 9.64 Å². The standard InChI is InChI=1S/C26H30N4O6/c1-4-5-9-20(25(33)30(3)15-17-7-6-8-19(12-17)27-2)28-26(34)29-21(14-24(31)32)18-10-11-22-23(13-18)36-16-35-22/h6-8,10-13,20-21H,4-5,9,14-16H2,1,3H3,(H,31,32)(H2,28,29,34)/t20-,21-/m0/s1. The summed E-state index contributed by atoms with van der Waals surface area (Å²) in [5.74, 6) is -0.333. The lowest BCUT2D eigenvalue weighted by Gasteiger charge is -2.26. The van der Waals surface area contributed by atoms with E-state index in [2.05, 4.69) is 15.5 Å². The minimum Gasteiger partial charge on any atom is -0.481 e. The zero-order chi connectivity index (χ0) is 26.1. The summed E-state index contributed by atoms with van der Waals surface area (Å²) in [4.78, 5) is 42.5. The van der Waals surface area contributed by atoms with Crippen LogP contribution in [0.1, 0.15) is 49.8 Å². The maximum Gasteiger partial charge on any atom is 0.315 e. The molecule has 0 aliphatic carbocycles. The van der Waals surface area contributed by atoms with Gasteiger partial charge in [-0.3, -0.25) is 9.59 Å². The number of amides is 3. The number of carbonyl (C=O) groups is 3. The second-order valence-electron chi connectivity index (χ2n) is 8.55. The fraction of sp³-hybridized carbons (Fsp3) is 0.385. The Hall–Kier alpha value is -4.26. The van der Waals surface area contributed by atoms with Crippen molar-refractivity contribution in [3.05, 3.63) is 65.0 Å². The highest BCUT2D eigenvalue weighted by molar-refractivity contribution is 5.87. The van der Waals surface area contributed by atoms with Crippen LogP contribution in [0.5, 0.6) is 11.5 Å². The van der Waals surface area contributed by atoms with Gasteiger partial charge in [0.25, 0.3) is 0 Å². The Morgan fingerprint density at radius 1 is 1.14 bits per heavy atom. The molecule has 0 saturated carbocycles. The fourth-order valence-electron chi connectivity index (χ4n) is 3.92. The second-order valence-corrected chi connectivity index (χ2v) is 8.55. The average molecular weight is 495 g/mol. The lowest BCUT2D eigenvalue weighted by Crippen LogP contribution is -2.51. The molecule has 10 heteroatoms. The molecule has 3 N–H and O–H groups in total. The number of nitrogens with zero attached hydrogens (tertiary/aromatic N) is 2. The molecule has 0 saturated heterocycles. The molecule has 3 amide bonds. The number of carboxylic acid groups (broad SMARTS) is 1. The molecule has 10 nitrogen and oxygen atoms in total. The van der Waals surface area contributed by atoms with Crippen molar-refractivity contribution in [2.45, 2.75) is 51.2 Å². The van der Waals surface area contributed by atoms with Crippen molar-refractivity contribution in [3.63, 3.8) is 0 Å². The normalized spacial score (nSPS) is 13.2. The van der Waals surface area contributed by atoms with E-state index in [4.69, 9.17) is 16.0 Å². The first-order chi connectivity index (χ1) is 17.3. The molecule has 1 heterocycles. The highest BCUT2D eigenvalue weighted by Crippen LogP contribution is 2.34. The van der Waals surface area contributed by atoms with Gasteiger partial charge in [0.2, 0.25) is 12.7 Å². The number of likely N-dealkylation sites (N-methyl/N-ethyl adjacent to an activating group) is 1. The zero-order valence-corrected chi connectivity index (χ0v) is 20.3. The molecule has 2 atom stereocenters. The average Bonchev–Trinajstić information content (AvgIpc) is 3.33. The van der Waals surface area contributed by atoms with E-state index in [-0.39, 0.29) is 25.7 Å². The van der Waals surface area contributed by atoms with E-state index in [1.807, 2.05) is 13.0 Å². The Morgan fingerprint density at radius 2 is 1.92 bits per heavy atom. The van der Waals surface area contributed by atoms with E-state index in [1.54, 1.807) is 43.4 Å². The summed E-state index contributed by atoms with van der Waals surface area (Å²) in [6.45, 7) is 9.52. The highest BCUT2D eigenvalue weighted by Gasteiger charge is 2.26. The molecular weight excluding hydrogens is 464 g/mol. The van der Waals surface area contributed by atoms with Crippen LogP contribution in [0.3, 0.4) is 0 Å². The molecule has 0 bridgehead atoms. The van der Waals surface area contributed by atoms with Crippen LogP contribution in [0.25, 0.3) is 4.85 Å². The molecule has 0 unspecified atom stereocenters. The first-order valence-electron chi connectivity index (χ1n) is 11.7. The number of benzene rings is 2. The van der Waals surface area contributed by atoms with Crippen LogP contribution in [0.15, 0.2) is 42.5 Å². The molecule has 190 valence electrons. The predicted molar refractivity (Wildman–Crippen MR) is 132 cm³/mol. The summed E-state index contributed by atoms with van der Waals surface area (Å²) < 4.78 is 10.7. The molecule has 3 rings (SSSR count). The third-order valence-electron chi connectivity index (χ3n) is 5.77. The predicted octanol–water partition coefficient (Wildman–Crippen LogP) is 4.00. The van der Waals surface area contributed by atoms with Crippen molar-refractivity contribution in [2.75, 3.05) is 13.8 Å². The van der Waals surface area contributed by atoms with Crippen LogP contribution in [0, 0.1) is 6.57 Å². The van der Waals surface area contributed by atoms with Gasteiger partial charge in [-0.1, -0.05) is 50.1 Å². The SMILES string of the molecule is [C-]#[N+]c1cccc(CN(C)C(=O)[C@H](CCCC)NC(=O)N[C@@H](CC(=O)O)c2ccc3c(c2)OCO3)c1. The summed E-state index contributed by atoms with van der Waals surface area (Å²) in [5.41, 5.74) is 1.84. The number of carbonyl (C=O) groups excluding carboxylic acids is 2. The first-order valence-corrected chi connectivity index (χ1v) is 11.7. The van der Waals surface area contributed by atoms with Crippen LogP contribution in [0.2, 0.25) is 0 Å². The Labute approximate surface area is 210 Å². The number of unbranched alkanes of at least 4 members (excludes halogenated alkanes) is 1. The van der Waals surface area contributed by atoms with Crippen molar-refractivity contribution in [2.24, 2.45) is 0 Å². The maximum atomic E-state index is 13.2. The molecule has 1 aliphatic rings. The number of nitrogens with one attached hydrogen (secondary N) is 2. The Balaban J connectivity index is 1.69. The van der Waals surface area contributed by atoms with Gasteiger partial charge in [0, 0.05) is 13.6 Å². The van der Waals surface area contributed by atoms with Crippen molar-refractivity contribution >= 4 is 23.6 Å². The third-order valence-corrected chi connectivity index (χ3v) is 5.77. The molecule has 0 fully saturated rings. The first kappa shape index (κ1) is 26.3. The van der Waals surface area contributed by atoms with E-state index >= 15 is 0 Å². The van der Waals surface area contributed by atoms with E-state index in [0.717, 1.165) is 18.4 Å². The number of fused-ring (bicyclic) bond motifs is 1. The number of aliphatic carboxylic acids is 1. The topological polar surface area (TPSA) is 122 Å². The molecule has 2 aromatic carbocycles. The number of rotatable bonds is 11. The van der Waals surface area contributed by atoms with E-state index in [9.17, 15) is 19.5 Å². The molecule has 36 heavy (non-hydrogen) atoms. The van der Waals surface area contributed by atoms with E-state index < -0.39 is 24.1 Å². The van der Waals surface area contributed by atoms with E-state index in [1.165, 1.54) is 4.90 Å². The van der Waals surface area contributed by atoms with Crippen LogP contribution in [-0.2, 0) is 16.1 Å². The fourth-order valence-corrected chi connectivity index (χ4v) is 3.92. The largest absolute Gasteiger partial charge is 0.481 e. The van der Waals surface area contributed by atoms with Crippen molar-refractivity contribution in [3.8, 4) is 11.5 Å². The number of hydrogen-bond acceptors (Lipinski definition) is 5. The lowest BCUT2D eigenvalue weighted by atomic mass is 10.0.